The highest BCUT2D eigenvalue weighted by Gasteiger charge is 2.41. The Morgan fingerprint density at radius 2 is 1.85 bits per heavy atom. The number of imidazole rings is 1. The third-order valence-electron chi connectivity index (χ3n) is 6.31. The first-order chi connectivity index (χ1) is 12.5. The predicted molar refractivity (Wildman–Crippen MR) is 101 cm³/mol. The number of aryl methyl sites for hydroxylation is 1. The van der Waals surface area contributed by atoms with Crippen molar-refractivity contribution in [3.63, 3.8) is 0 Å². The van der Waals surface area contributed by atoms with Gasteiger partial charge in [-0.1, -0.05) is 18.2 Å². The molecule has 2 aliphatic heterocycles. The molecule has 3 heterocycles. The Labute approximate surface area is 155 Å². The molecule has 0 aliphatic carbocycles. The first-order valence-electron chi connectivity index (χ1n) is 9.70. The molecular formula is C21H29FN4. The van der Waals surface area contributed by atoms with Crippen LogP contribution < -0.4 is 0 Å². The van der Waals surface area contributed by atoms with Crippen LogP contribution in [0.25, 0.3) is 0 Å². The fourth-order valence-electron chi connectivity index (χ4n) is 4.73. The normalized spacial score (nSPS) is 24.6. The van der Waals surface area contributed by atoms with Crippen molar-refractivity contribution in [3.05, 3.63) is 53.4 Å². The molecule has 2 saturated heterocycles. The summed E-state index contributed by atoms with van der Waals surface area (Å²) in [4.78, 5) is 9.45. The van der Waals surface area contributed by atoms with Crippen LogP contribution in [0.1, 0.15) is 36.3 Å². The van der Waals surface area contributed by atoms with Crippen molar-refractivity contribution >= 4 is 0 Å². The smallest absolute Gasteiger partial charge is 0.127 e. The molecule has 1 atom stereocenters. The first-order valence-corrected chi connectivity index (χ1v) is 9.70. The van der Waals surface area contributed by atoms with Crippen LogP contribution in [0.4, 0.5) is 4.39 Å². The van der Waals surface area contributed by atoms with Crippen LogP contribution >= 0.6 is 0 Å². The van der Waals surface area contributed by atoms with Gasteiger partial charge in [0.25, 0.3) is 0 Å². The minimum atomic E-state index is -0.0771. The molecule has 0 N–H and O–H groups in total. The molecule has 4 nitrogen and oxygen atoms in total. The number of rotatable bonds is 4. The van der Waals surface area contributed by atoms with Crippen molar-refractivity contribution in [2.75, 3.05) is 26.2 Å². The number of aromatic nitrogens is 2. The van der Waals surface area contributed by atoms with Gasteiger partial charge < -0.3 is 4.57 Å². The van der Waals surface area contributed by atoms with E-state index in [0.717, 1.165) is 50.7 Å². The Kier molecular flexibility index (Phi) is 4.84. The highest BCUT2D eigenvalue weighted by atomic mass is 19.1. The lowest BCUT2D eigenvalue weighted by atomic mass is 9.79. The van der Waals surface area contributed by atoms with Crippen LogP contribution in [-0.2, 0) is 20.1 Å². The Bertz CT molecular complexity index is 771. The van der Waals surface area contributed by atoms with E-state index >= 15 is 0 Å². The van der Waals surface area contributed by atoms with Gasteiger partial charge in [-0.2, -0.15) is 0 Å². The lowest BCUT2D eigenvalue weighted by Crippen LogP contribution is -2.44. The maximum atomic E-state index is 14.0. The number of benzene rings is 1. The number of hydrogen-bond acceptors (Lipinski definition) is 3. The fraction of sp³-hybridized carbons (Fsp3) is 0.571. The summed E-state index contributed by atoms with van der Waals surface area (Å²) in [5.74, 6) is 0.995. The van der Waals surface area contributed by atoms with Crippen molar-refractivity contribution in [2.24, 2.45) is 12.5 Å². The van der Waals surface area contributed by atoms with Gasteiger partial charge in [-0.05, 0) is 50.8 Å². The lowest BCUT2D eigenvalue weighted by Gasteiger charge is -2.40. The van der Waals surface area contributed by atoms with Crippen LogP contribution in [0.3, 0.4) is 0 Å². The Morgan fingerprint density at radius 3 is 2.58 bits per heavy atom. The molecule has 26 heavy (non-hydrogen) atoms. The van der Waals surface area contributed by atoms with Gasteiger partial charge in [0.2, 0.25) is 0 Å². The average molecular weight is 356 g/mol. The minimum Gasteiger partial charge on any atom is -0.334 e. The zero-order chi connectivity index (χ0) is 18.1. The van der Waals surface area contributed by atoms with E-state index < -0.39 is 0 Å². The second-order valence-corrected chi connectivity index (χ2v) is 8.22. The molecule has 2 fully saturated rings. The average Bonchev–Trinajstić information content (AvgIpc) is 3.15. The van der Waals surface area contributed by atoms with Gasteiger partial charge in [0.1, 0.15) is 11.6 Å². The standard InChI is InChI=1S/C21H29FN4/c1-17-23-12-19(24(17)2)14-26-11-9-21(16-26)8-5-10-25(15-21)13-18-6-3-4-7-20(18)22/h3-4,6-7,12H,5,8-11,13-16H2,1-2H3/t21-/m1/s1. The van der Waals surface area contributed by atoms with Gasteiger partial charge in [-0.15, -0.1) is 0 Å². The van der Waals surface area contributed by atoms with Crippen LogP contribution in [0.2, 0.25) is 0 Å². The quantitative estimate of drug-likeness (QED) is 0.840. The van der Waals surface area contributed by atoms with Gasteiger partial charge in [0.05, 0.1) is 5.69 Å². The van der Waals surface area contributed by atoms with E-state index in [-0.39, 0.29) is 5.82 Å². The van der Waals surface area contributed by atoms with Crippen LogP contribution in [-0.4, -0.2) is 45.5 Å². The summed E-state index contributed by atoms with van der Waals surface area (Å²) in [5.41, 5.74) is 2.49. The molecule has 4 rings (SSSR count). The zero-order valence-electron chi connectivity index (χ0n) is 15.9. The molecule has 5 heteroatoms. The molecule has 1 aromatic heterocycles. The van der Waals surface area contributed by atoms with Gasteiger partial charge in [0.15, 0.2) is 0 Å². The summed E-state index contributed by atoms with van der Waals surface area (Å²) in [6.07, 6.45) is 5.76. The monoisotopic (exact) mass is 356 g/mol. The van der Waals surface area contributed by atoms with Gasteiger partial charge in [-0.25, -0.2) is 9.37 Å². The van der Waals surface area contributed by atoms with E-state index in [1.807, 2.05) is 18.3 Å². The Hall–Kier alpha value is -1.72. The van der Waals surface area contributed by atoms with E-state index in [0.29, 0.717) is 5.41 Å². The van der Waals surface area contributed by atoms with Crippen molar-refractivity contribution in [2.45, 2.75) is 39.3 Å². The van der Waals surface area contributed by atoms with Crippen molar-refractivity contribution in [1.82, 2.24) is 19.4 Å². The second-order valence-electron chi connectivity index (χ2n) is 8.22. The highest BCUT2D eigenvalue weighted by Crippen LogP contribution is 2.39. The Balaban J connectivity index is 1.39. The number of likely N-dealkylation sites (tertiary alicyclic amines) is 2. The number of nitrogens with zero attached hydrogens (tertiary/aromatic N) is 4. The maximum Gasteiger partial charge on any atom is 0.127 e. The SMILES string of the molecule is Cc1ncc(CN2CC[C@@]3(CCCN(Cc4ccccc4F)C3)C2)n1C. The summed E-state index contributed by atoms with van der Waals surface area (Å²) in [5, 5.41) is 0. The van der Waals surface area contributed by atoms with Crippen LogP contribution in [0, 0.1) is 18.2 Å². The topological polar surface area (TPSA) is 24.3 Å². The van der Waals surface area contributed by atoms with E-state index in [1.54, 1.807) is 12.1 Å². The molecule has 2 aromatic rings. The molecule has 0 radical (unpaired) electrons. The highest BCUT2D eigenvalue weighted by molar-refractivity contribution is 5.17. The molecule has 0 saturated carbocycles. The number of halogens is 1. The molecule has 0 amide bonds. The largest absolute Gasteiger partial charge is 0.334 e. The predicted octanol–water partition coefficient (Wildman–Crippen LogP) is 3.36. The van der Waals surface area contributed by atoms with E-state index in [2.05, 4.69) is 33.3 Å². The molecule has 1 aromatic carbocycles. The number of piperidine rings is 1. The van der Waals surface area contributed by atoms with E-state index in [4.69, 9.17) is 0 Å². The van der Waals surface area contributed by atoms with Crippen LogP contribution in [0.15, 0.2) is 30.5 Å². The van der Waals surface area contributed by atoms with Crippen LogP contribution in [0.5, 0.6) is 0 Å². The molecule has 0 bridgehead atoms. The summed E-state index contributed by atoms with van der Waals surface area (Å²) < 4.78 is 16.2. The van der Waals surface area contributed by atoms with E-state index in [1.165, 1.54) is 25.0 Å². The summed E-state index contributed by atoms with van der Waals surface area (Å²) in [6.45, 7) is 8.22. The van der Waals surface area contributed by atoms with Gasteiger partial charge in [0, 0.05) is 45.0 Å². The maximum absolute atomic E-state index is 14.0. The molecule has 2 aliphatic rings. The third kappa shape index (κ3) is 3.55. The molecule has 140 valence electrons. The number of hydrogen-bond donors (Lipinski definition) is 0. The summed E-state index contributed by atoms with van der Waals surface area (Å²) >= 11 is 0. The first kappa shape index (κ1) is 17.7. The molecular weight excluding hydrogens is 327 g/mol. The fourth-order valence-corrected chi connectivity index (χ4v) is 4.73. The van der Waals surface area contributed by atoms with Gasteiger partial charge >= 0.3 is 0 Å². The lowest BCUT2D eigenvalue weighted by molar-refractivity contribution is 0.0855. The molecule has 1 spiro atoms. The summed E-state index contributed by atoms with van der Waals surface area (Å²) in [7, 11) is 2.10. The Morgan fingerprint density at radius 1 is 1.08 bits per heavy atom. The third-order valence-corrected chi connectivity index (χ3v) is 6.31. The molecule has 0 unspecified atom stereocenters. The second kappa shape index (κ2) is 7.12. The zero-order valence-corrected chi connectivity index (χ0v) is 15.9. The van der Waals surface area contributed by atoms with Crippen molar-refractivity contribution in [1.29, 1.82) is 0 Å². The van der Waals surface area contributed by atoms with E-state index in [9.17, 15) is 4.39 Å². The van der Waals surface area contributed by atoms with Crippen molar-refractivity contribution < 1.29 is 4.39 Å². The van der Waals surface area contributed by atoms with Crippen molar-refractivity contribution in [3.8, 4) is 0 Å². The summed E-state index contributed by atoms with van der Waals surface area (Å²) in [6, 6.07) is 7.20. The van der Waals surface area contributed by atoms with Gasteiger partial charge in [-0.3, -0.25) is 9.80 Å². The minimum absolute atomic E-state index is 0.0771.